The molecule has 2 heterocycles. The second-order valence-corrected chi connectivity index (χ2v) is 7.65. The summed E-state index contributed by atoms with van der Waals surface area (Å²) in [4.78, 5) is 19.5. The van der Waals surface area contributed by atoms with Crippen LogP contribution in [-0.4, -0.2) is 31.1 Å². The van der Waals surface area contributed by atoms with Crippen LogP contribution >= 0.6 is 0 Å². The van der Waals surface area contributed by atoms with Crippen LogP contribution in [0.5, 0.6) is 17.2 Å². The molecular formula is C25H27N3O3. The summed E-state index contributed by atoms with van der Waals surface area (Å²) in [7, 11) is 1.58. The van der Waals surface area contributed by atoms with Gasteiger partial charge in [0.25, 0.3) is 5.91 Å². The molecule has 2 aromatic carbocycles. The first-order valence-electron chi connectivity index (χ1n) is 10.6. The SMILES string of the molecule is COc1c(N2CCCCC2)ccnc1C(=O)Nc1ccc(Oc2ccc(C)cc2)cc1. The highest BCUT2D eigenvalue weighted by atomic mass is 16.5. The van der Waals surface area contributed by atoms with Crippen molar-refractivity contribution >= 4 is 17.3 Å². The smallest absolute Gasteiger partial charge is 0.278 e. The lowest BCUT2D eigenvalue weighted by atomic mass is 10.1. The number of anilines is 2. The van der Waals surface area contributed by atoms with Gasteiger partial charge in [-0.3, -0.25) is 4.79 Å². The molecule has 0 aliphatic carbocycles. The number of benzene rings is 2. The number of aromatic nitrogens is 1. The van der Waals surface area contributed by atoms with Gasteiger partial charge in [0.15, 0.2) is 11.4 Å². The van der Waals surface area contributed by atoms with Gasteiger partial charge >= 0.3 is 0 Å². The van der Waals surface area contributed by atoms with Crippen LogP contribution < -0.4 is 19.7 Å². The molecule has 4 rings (SSSR count). The Morgan fingerprint density at radius 3 is 2.23 bits per heavy atom. The first-order chi connectivity index (χ1) is 15.1. The second-order valence-electron chi connectivity index (χ2n) is 7.65. The summed E-state index contributed by atoms with van der Waals surface area (Å²) >= 11 is 0. The highest BCUT2D eigenvalue weighted by Crippen LogP contribution is 2.33. The van der Waals surface area contributed by atoms with E-state index in [0.29, 0.717) is 17.2 Å². The maximum absolute atomic E-state index is 12.9. The Morgan fingerprint density at radius 2 is 1.58 bits per heavy atom. The summed E-state index contributed by atoms with van der Waals surface area (Å²) < 4.78 is 11.4. The highest BCUT2D eigenvalue weighted by molar-refractivity contribution is 6.05. The average molecular weight is 418 g/mol. The number of aryl methyl sites for hydroxylation is 1. The summed E-state index contributed by atoms with van der Waals surface area (Å²) in [6.45, 7) is 3.96. The van der Waals surface area contributed by atoms with Crippen molar-refractivity contribution in [3.63, 3.8) is 0 Å². The lowest BCUT2D eigenvalue weighted by Gasteiger charge is -2.30. The number of ether oxygens (including phenoxy) is 2. The third-order valence-electron chi connectivity index (χ3n) is 5.37. The Kier molecular flexibility index (Phi) is 6.36. The van der Waals surface area contributed by atoms with Crippen LogP contribution in [0.1, 0.15) is 35.3 Å². The number of methoxy groups -OCH3 is 1. The van der Waals surface area contributed by atoms with E-state index in [1.807, 2.05) is 61.5 Å². The lowest BCUT2D eigenvalue weighted by Crippen LogP contribution is -2.30. The molecule has 0 atom stereocenters. The molecule has 0 unspecified atom stereocenters. The molecule has 6 heteroatoms. The number of amides is 1. The predicted octanol–water partition coefficient (Wildman–Crippen LogP) is 5.43. The molecule has 1 aromatic heterocycles. The summed E-state index contributed by atoms with van der Waals surface area (Å²) in [5.41, 5.74) is 3.04. The van der Waals surface area contributed by atoms with Gasteiger partial charge in [-0.15, -0.1) is 0 Å². The van der Waals surface area contributed by atoms with Crippen molar-refractivity contribution in [1.29, 1.82) is 0 Å². The van der Waals surface area contributed by atoms with E-state index in [0.717, 1.165) is 37.4 Å². The van der Waals surface area contributed by atoms with Gasteiger partial charge in [-0.1, -0.05) is 17.7 Å². The topological polar surface area (TPSA) is 63.7 Å². The van der Waals surface area contributed by atoms with E-state index in [1.54, 1.807) is 13.3 Å². The molecule has 160 valence electrons. The maximum Gasteiger partial charge on any atom is 0.278 e. The minimum atomic E-state index is -0.303. The summed E-state index contributed by atoms with van der Waals surface area (Å²) in [5.74, 6) is 1.68. The van der Waals surface area contributed by atoms with Crippen molar-refractivity contribution < 1.29 is 14.3 Å². The molecule has 1 aliphatic heterocycles. The van der Waals surface area contributed by atoms with Crippen molar-refractivity contribution in [1.82, 2.24) is 4.98 Å². The maximum atomic E-state index is 12.9. The van der Waals surface area contributed by atoms with Gasteiger partial charge < -0.3 is 19.7 Å². The number of nitrogens with zero attached hydrogens (tertiary/aromatic N) is 2. The summed E-state index contributed by atoms with van der Waals surface area (Å²) in [5, 5.41) is 2.91. The third-order valence-corrected chi connectivity index (χ3v) is 5.37. The zero-order valence-electron chi connectivity index (χ0n) is 17.9. The summed E-state index contributed by atoms with van der Waals surface area (Å²) in [6.07, 6.45) is 5.19. The largest absolute Gasteiger partial charge is 0.492 e. The third kappa shape index (κ3) is 4.97. The predicted molar refractivity (Wildman–Crippen MR) is 123 cm³/mol. The van der Waals surface area contributed by atoms with Gasteiger partial charge in [0.2, 0.25) is 0 Å². The first kappa shape index (κ1) is 20.7. The molecule has 0 bridgehead atoms. The van der Waals surface area contributed by atoms with Gasteiger partial charge in [0.05, 0.1) is 12.8 Å². The number of hydrogen-bond acceptors (Lipinski definition) is 5. The molecule has 0 radical (unpaired) electrons. The zero-order valence-corrected chi connectivity index (χ0v) is 17.9. The van der Waals surface area contributed by atoms with E-state index in [4.69, 9.17) is 9.47 Å². The highest BCUT2D eigenvalue weighted by Gasteiger charge is 2.22. The average Bonchev–Trinajstić information content (AvgIpc) is 2.81. The number of piperidine rings is 1. The van der Waals surface area contributed by atoms with Crippen LogP contribution in [0.15, 0.2) is 60.8 Å². The van der Waals surface area contributed by atoms with Gasteiger partial charge in [-0.2, -0.15) is 0 Å². The molecule has 1 N–H and O–H groups in total. The molecule has 3 aromatic rings. The van der Waals surface area contributed by atoms with Gasteiger partial charge in [0.1, 0.15) is 11.5 Å². The molecule has 0 saturated carbocycles. The Balaban J connectivity index is 1.47. The van der Waals surface area contributed by atoms with Gasteiger partial charge in [0, 0.05) is 25.0 Å². The normalized spacial score (nSPS) is 13.5. The van der Waals surface area contributed by atoms with E-state index in [9.17, 15) is 4.79 Å². The van der Waals surface area contributed by atoms with Crippen molar-refractivity contribution in [2.24, 2.45) is 0 Å². The molecule has 0 spiro atoms. The first-order valence-corrected chi connectivity index (χ1v) is 10.6. The van der Waals surface area contributed by atoms with E-state index in [-0.39, 0.29) is 11.6 Å². The van der Waals surface area contributed by atoms with Crippen molar-refractivity contribution in [3.8, 4) is 17.2 Å². The number of carbonyl (C=O) groups excluding carboxylic acids is 1. The fourth-order valence-electron chi connectivity index (χ4n) is 3.72. The number of hydrogen-bond donors (Lipinski definition) is 1. The molecular weight excluding hydrogens is 390 g/mol. The minimum absolute atomic E-state index is 0.283. The Morgan fingerprint density at radius 1 is 0.935 bits per heavy atom. The van der Waals surface area contributed by atoms with Crippen LogP contribution in [0.4, 0.5) is 11.4 Å². The van der Waals surface area contributed by atoms with Crippen molar-refractivity contribution in [2.75, 3.05) is 30.4 Å². The van der Waals surface area contributed by atoms with E-state index in [2.05, 4.69) is 15.2 Å². The second kappa shape index (κ2) is 9.51. The van der Waals surface area contributed by atoms with E-state index in [1.165, 1.54) is 12.0 Å². The molecule has 1 saturated heterocycles. The van der Waals surface area contributed by atoms with Crippen LogP contribution in [0.3, 0.4) is 0 Å². The monoisotopic (exact) mass is 417 g/mol. The fourth-order valence-corrected chi connectivity index (χ4v) is 3.72. The van der Waals surface area contributed by atoms with Crippen LogP contribution in [-0.2, 0) is 0 Å². The van der Waals surface area contributed by atoms with Gasteiger partial charge in [-0.25, -0.2) is 4.98 Å². The minimum Gasteiger partial charge on any atom is -0.492 e. The molecule has 6 nitrogen and oxygen atoms in total. The van der Waals surface area contributed by atoms with E-state index < -0.39 is 0 Å². The van der Waals surface area contributed by atoms with Crippen molar-refractivity contribution in [3.05, 3.63) is 72.1 Å². The Bertz CT molecular complexity index is 1030. The van der Waals surface area contributed by atoms with Crippen LogP contribution in [0.25, 0.3) is 0 Å². The molecule has 1 aliphatic rings. The Hall–Kier alpha value is -3.54. The molecule has 1 fully saturated rings. The standard InChI is InChI=1S/C25H27N3O3/c1-18-6-10-20(11-7-18)31-21-12-8-19(9-13-21)27-25(29)23-24(30-2)22(14-15-26-23)28-16-4-3-5-17-28/h6-15H,3-5,16-17H2,1-2H3,(H,27,29). The number of carbonyl (C=O) groups is 1. The number of rotatable bonds is 6. The molecule has 1 amide bonds. The fraction of sp³-hybridized carbons (Fsp3) is 0.280. The van der Waals surface area contributed by atoms with Crippen LogP contribution in [0.2, 0.25) is 0 Å². The summed E-state index contributed by atoms with van der Waals surface area (Å²) in [6, 6.07) is 17.0. The number of nitrogens with one attached hydrogen (secondary N) is 1. The quantitative estimate of drug-likeness (QED) is 0.579. The van der Waals surface area contributed by atoms with Gasteiger partial charge in [-0.05, 0) is 68.7 Å². The number of pyridine rings is 1. The van der Waals surface area contributed by atoms with E-state index >= 15 is 0 Å². The van der Waals surface area contributed by atoms with Crippen molar-refractivity contribution in [2.45, 2.75) is 26.2 Å². The Labute approximate surface area is 182 Å². The zero-order chi connectivity index (χ0) is 21.6. The molecule has 31 heavy (non-hydrogen) atoms. The van der Waals surface area contributed by atoms with Crippen LogP contribution in [0, 0.1) is 6.92 Å². The lowest BCUT2D eigenvalue weighted by molar-refractivity contribution is 0.101.